The van der Waals surface area contributed by atoms with E-state index in [4.69, 9.17) is 23.2 Å². The molecule has 0 atom stereocenters. The number of halogens is 3. The van der Waals surface area contributed by atoms with Crippen molar-refractivity contribution in [1.29, 1.82) is 0 Å². The van der Waals surface area contributed by atoms with Crippen molar-refractivity contribution in [3.8, 4) is 11.3 Å². The zero-order valence-corrected chi connectivity index (χ0v) is 16.5. The van der Waals surface area contributed by atoms with Crippen molar-refractivity contribution in [2.75, 3.05) is 11.1 Å². The zero-order valence-electron chi connectivity index (χ0n) is 12.5. The predicted molar refractivity (Wildman–Crippen MR) is 100 cm³/mol. The third kappa shape index (κ3) is 4.63. The molecule has 0 aliphatic carbocycles. The molecule has 2 aromatic carbocycles. The molecule has 1 N–H and O–H groups in total. The van der Waals surface area contributed by atoms with Crippen LogP contribution in [0.25, 0.3) is 11.3 Å². The van der Waals surface area contributed by atoms with Crippen LogP contribution in [0.5, 0.6) is 0 Å². The molecule has 1 heterocycles. The maximum atomic E-state index is 13.6. The molecule has 4 nitrogen and oxygen atoms in total. The molecular formula is C16H10Cl2FN3OSSe. The Morgan fingerprint density at radius 1 is 1.20 bits per heavy atom. The number of rotatable bonds is 5. The van der Waals surface area contributed by atoms with E-state index < -0.39 is 5.82 Å². The monoisotopic (exact) mass is 461 g/mol. The molecular weight excluding hydrogens is 451 g/mol. The van der Waals surface area contributed by atoms with E-state index in [1.807, 2.05) is 6.07 Å². The number of nitrogens with one attached hydrogen (secondary N) is 1. The Bertz CT molecular complexity index is 922. The van der Waals surface area contributed by atoms with Gasteiger partial charge in [0, 0.05) is 0 Å². The minimum atomic E-state index is -0.466. The Morgan fingerprint density at radius 3 is 2.76 bits per heavy atom. The van der Waals surface area contributed by atoms with E-state index in [0.717, 1.165) is 9.33 Å². The van der Waals surface area contributed by atoms with E-state index in [0.29, 0.717) is 15.7 Å². The topological polar surface area (TPSA) is 54.9 Å². The van der Waals surface area contributed by atoms with Crippen molar-refractivity contribution in [1.82, 2.24) is 9.19 Å². The van der Waals surface area contributed by atoms with E-state index in [1.165, 1.54) is 23.9 Å². The molecule has 3 aromatic rings. The summed E-state index contributed by atoms with van der Waals surface area (Å²) in [6.07, 6.45) is 0. The van der Waals surface area contributed by atoms with Crippen molar-refractivity contribution >= 4 is 61.3 Å². The molecule has 0 radical (unpaired) electrons. The first kappa shape index (κ1) is 18.4. The summed E-state index contributed by atoms with van der Waals surface area (Å²) in [6.45, 7) is 0. The summed E-state index contributed by atoms with van der Waals surface area (Å²) in [5.74, 6) is -0.619. The number of benzene rings is 2. The van der Waals surface area contributed by atoms with Crippen molar-refractivity contribution in [2.45, 2.75) is 3.77 Å². The van der Waals surface area contributed by atoms with Gasteiger partial charge in [0.1, 0.15) is 0 Å². The molecule has 1 amide bonds. The number of carbonyl (C=O) groups excluding carboxylic acids is 1. The van der Waals surface area contributed by atoms with Crippen LogP contribution >= 0.6 is 35.0 Å². The van der Waals surface area contributed by atoms with Gasteiger partial charge >= 0.3 is 164 Å². The Labute approximate surface area is 163 Å². The van der Waals surface area contributed by atoms with Crippen molar-refractivity contribution < 1.29 is 9.18 Å². The molecule has 3 rings (SSSR count). The SMILES string of the molecule is O=C(CSc1[se]nnc1-c1ccc(Cl)c(Cl)c1)Nc1ccccc1F. The second-order valence-electron chi connectivity index (χ2n) is 4.85. The van der Waals surface area contributed by atoms with Gasteiger partial charge in [0.25, 0.3) is 0 Å². The van der Waals surface area contributed by atoms with Crippen LogP contribution in [0.2, 0.25) is 10.0 Å². The van der Waals surface area contributed by atoms with Gasteiger partial charge in [-0.05, 0) is 0 Å². The third-order valence-electron chi connectivity index (χ3n) is 3.13. The molecule has 128 valence electrons. The quantitative estimate of drug-likeness (QED) is 0.453. The second-order valence-corrected chi connectivity index (χ2v) is 8.82. The van der Waals surface area contributed by atoms with E-state index in [9.17, 15) is 9.18 Å². The second kappa shape index (κ2) is 8.34. The van der Waals surface area contributed by atoms with Crippen molar-refractivity contribution in [2.24, 2.45) is 0 Å². The molecule has 0 bridgehead atoms. The van der Waals surface area contributed by atoms with Crippen LogP contribution in [0, 0.1) is 5.82 Å². The molecule has 25 heavy (non-hydrogen) atoms. The number of carbonyl (C=O) groups is 1. The fraction of sp³-hybridized carbons (Fsp3) is 0.0625. The minimum absolute atomic E-state index is 0.140. The van der Waals surface area contributed by atoms with E-state index in [1.54, 1.807) is 24.3 Å². The van der Waals surface area contributed by atoms with Crippen molar-refractivity contribution in [3.63, 3.8) is 0 Å². The first-order valence-electron chi connectivity index (χ1n) is 6.99. The molecule has 0 unspecified atom stereocenters. The van der Waals surface area contributed by atoms with E-state index >= 15 is 0 Å². The van der Waals surface area contributed by atoms with E-state index in [-0.39, 0.29) is 32.1 Å². The first-order chi connectivity index (χ1) is 12.0. The van der Waals surface area contributed by atoms with Gasteiger partial charge in [0.15, 0.2) is 0 Å². The number of anilines is 1. The zero-order chi connectivity index (χ0) is 17.8. The number of amides is 1. The molecule has 9 heteroatoms. The molecule has 1 aromatic heterocycles. The summed E-state index contributed by atoms with van der Waals surface area (Å²) in [6, 6.07) is 11.3. The van der Waals surface area contributed by atoms with Crippen molar-refractivity contribution in [3.05, 3.63) is 58.3 Å². The summed E-state index contributed by atoms with van der Waals surface area (Å²) in [7, 11) is 0. The Kier molecular flexibility index (Phi) is 6.15. The van der Waals surface area contributed by atoms with Crippen LogP contribution in [-0.4, -0.2) is 35.6 Å². The fourth-order valence-electron chi connectivity index (χ4n) is 1.98. The molecule has 0 aliphatic rings. The summed E-state index contributed by atoms with van der Waals surface area (Å²) >= 11 is 13.1. The Morgan fingerprint density at radius 2 is 2.00 bits per heavy atom. The molecule has 0 aliphatic heterocycles. The van der Waals surface area contributed by atoms with Gasteiger partial charge in [-0.25, -0.2) is 0 Å². The number of hydrogen-bond donors (Lipinski definition) is 1. The number of hydrogen-bond acceptors (Lipinski definition) is 4. The van der Waals surface area contributed by atoms with Crippen LogP contribution < -0.4 is 5.32 Å². The van der Waals surface area contributed by atoms with Gasteiger partial charge < -0.3 is 0 Å². The first-order valence-corrected chi connectivity index (χ1v) is 10.4. The van der Waals surface area contributed by atoms with E-state index in [2.05, 4.69) is 14.5 Å². The molecule has 0 fully saturated rings. The van der Waals surface area contributed by atoms with Crippen LogP contribution in [0.4, 0.5) is 10.1 Å². The van der Waals surface area contributed by atoms with Gasteiger partial charge in [-0.3, -0.25) is 0 Å². The summed E-state index contributed by atoms with van der Waals surface area (Å²) in [4.78, 5) is 12.0. The fourth-order valence-corrected chi connectivity index (χ4v) is 4.76. The van der Waals surface area contributed by atoms with Gasteiger partial charge in [-0.1, -0.05) is 0 Å². The average molecular weight is 461 g/mol. The molecule has 0 saturated heterocycles. The average Bonchev–Trinajstić information content (AvgIpc) is 3.06. The van der Waals surface area contributed by atoms with Crippen LogP contribution in [0.3, 0.4) is 0 Å². The number of aromatic nitrogens is 2. The maximum absolute atomic E-state index is 13.6. The third-order valence-corrected chi connectivity index (χ3v) is 6.96. The van der Waals surface area contributed by atoms with Crippen LogP contribution in [0.1, 0.15) is 0 Å². The standard InChI is InChI=1S/C16H10Cl2FN3OSSe/c17-10-6-5-9(7-11(10)18)15-16(25-22-21-15)24-8-14(23)20-13-4-2-1-3-12(13)19/h1-7H,8H2,(H,20,23). The summed E-state index contributed by atoms with van der Waals surface area (Å²) in [5.41, 5.74) is 1.66. The van der Waals surface area contributed by atoms with Gasteiger partial charge in [-0.2, -0.15) is 0 Å². The summed E-state index contributed by atoms with van der Waals surface area (Å²) in [5, 5.41) is 7.60. The normalized spacial score (nSPS) is 10.7. The van der Waals surface area contributed by atoms with Crippen LogP contribution in [-0.2, 0) is 4.79 Å². The summed E-state index contributed by atoms with van der Waals surface area (Å²) < 4.78 is 18.6. The number of para-hydroxylation sites is 1. The molecule has 0 saturated carbocycles. The van der Waals surface area contributed by atoms with Gasteiger partial charge in [-0.15, -0.1) is 0 Å². The van der Waals surface area contributed by atoms with Gasteiger partial charge in [0.2, 0.25) is 0 Å². The van der Waals surface area contributed by atoms with Crippen LogP contribution in [0.15, 0.2) is 46.2 Å². The van der Waals surface area contributed by atoms with Gasteiger partial charge in [0.05, 0.1) is 0 Å². The Balaban J connectivity index is 1.68. The number of nitrogens with zero attached hydrogens (tertiary/aromatic N) is 2. The number of thioether (sulfide) groups is 1. The Hall–Kier alpha value is -1.37. The predicted octanol–water partition coefficient (Wildman–Crippen LogP) is 4.38. The molecule has 0 spiro atoms.